The van der Waals surface area contributed by atoms with Crippen LogP contribution in [0.25, 0.3) is 0 Å². The molecule has 0 radical (unpaired) electrons. The zero-order valence-corrected chi connectivity index (χ0v) is 13.1. The van der Waals surface area contributed by atoms with Gasteiger partial charge >= 0.3 is 0 Å². The molecule has 19 heavy (non-hydrogen) atoms. The third-order valence-electron chi connectivity index (χ3n) is 2.72. The maximum absolute atomic E-state index is 12.9. The molecule has 2 rings (SSSR count). The Morgan fingerprint density at radius 2 is 1.95 bits per heavy atom. The van der Waals surface area contributed by atoms with Gasteiger partial charge in [-0.25, -0.2) is 4.39 Å². The number of nitrogens with two attached hydrogens (primary N) is 1. The molecule has 0 aliphatic rings. The van der Waals surface area contributed by atoms with Crippen molar-refractivity contribution in [3.05, 3.63) is 62.5 Å². The molecule has 0 aliphatic heterocycles. The van der Waals surface area contributed by atoms with Crippen LogP contribution in [0.2, 0.25) is 0 Å². The Labute approximate surface area is 127 Å². The molecular weight excluding hydrogens is 377 g/mol. The summed E-state index contributed by atoms with van der Waals surface area (Å²) in [5.74, 6) is 5.35. The van der Waals surface area contributed by atoms with E-state index in [9.17, 15) is 4.39 Å². The Balaban J connectivity index is 2.22. The van der Waals surface area contributed by atoms with Crippen LogP contribution in [0, 0.1) is 5.82 Å². The number of hydrogen-bond acceptors (Lipinski definition) is 3. The summed E-state index contributed by atoms with van der Waals surface area (Å²) in [7, 11) is 0. The van der Waals surface area contributed by atoms with E-state index < -0.39 is 0 Å². The molecule has 0 fully saturated rings. The first kappa shape index (κ1) is 14.6. The zero-order valence-electron chi connectivity index (χ0n) is 9.91. The molecule has 0 saturated carbocycles. The predicted molar refractivity (Wildman–Crippen MR) is 79.8 cm³/mol. The van der Waals surface area contributed by atoms with Crippen LogP contribution in [0.3, 0.4) is 0 Å². The van der Waals surface area contributed by atoms with Gasteiger partial charge in [-0.2, -0.15) is 0 Å². The minimum absolute atomic E-state index is 0.145. The molecule has 1 atom stereocenters. The smallest absolute Gasteiger partial charge is 0.123 e. The molecule has 1 heterocycles. The van der Waals surface area contributed by atoms with Crippen molar-refractivity contribution in [2.45, 2.75) is 12.5 Å². The van der Waals surface area contributed by atoms with E-state index in [0.29, 0.717) is 6.42 Å². The maximum Gasteiger partial charge on any atom is 0.123 e. The first-order valence-electron chi connectivity index (χ1n) is 5.61. The van der Waals surface area contributed by atoms with E-state index >= 15 is 0 Å². The SMILES string of the molecule is NNC(Cc1ccc(F)cc1)c1ncc(Br)cc1Br. The van der Waals surface area contributed by atoms with Crippen LogP contribution >= 0.6 is 31.9 Å². The van der Waals surface area contributed by atoms with Crippen molar-refractivity contribution in [1.29, 1.82) is 0 Å². The van der Waals surface area contributed by atoms with Gasteiger partial charge in [-0.05, 0) is 62.0 Å². The van der Waals surface area contributed by atoms with Gasteiger partial charge in [0.2, 0.25) is 0 Å². The zero-order chi connectivity index (χ0) is 13.8. The fourth-order valence-corrected chi connectivity index (χ4v) is 3.04. The minimum Gasteiger partial charge on any atom is -0.271 e. The lowest BCUT2D eigenvalue weighted by molar-refractivity contribution is 0.535. The summed E-state index contributed by atoms with van der Waals surface area (Å²) >= 11 is 6.82. The maximum atomic E-state index is 12.9. The van der Waals surface area contributed by atoms with Crippen LogP contribution in [-0.4, -0.2) is 4.98 Å². The highest BCUT2D eigenvalue weighted by molar-refractivity contribution is 9.11. The van der Waals surface area contributed by atoms with Crippen LogP contribution in [0.4, 0.5) is 4.39 Å². The van der Waals surface area contributed by atoms with E-state index in [0.717, 1.165) is 20.2 Å². The van der Waals surface area contributed by atoms with Crippen molar-refractivity contribution in [3.8, 4) is 0 Å². The van der Waals surface area contributed by atoms with Crippen LogP contribution in [-0.2, 0) is 6.42 Å². The Bertz CT molecular complexity index is 560. The van der Waals surface area contributed by atoms with Gasteiger partial charge in [0.05, 0.1) is 11.7 Å². The number of pyridine rings is 1. The Hall–Kier alpha value is -0.820. The Morgan fingerprint density at radius 3 is 2.53 bits per heavy atom. The third-order valence-corrected chi connectivity index (χ3v) is 3.79. The summed E-state index contributed by atoms with van der Waals surface area (Å²) in [4.78, 5) is 4.35. The largest absolute Gasteiger partial charge is 0.271 e. The van der Waals surface area contributed by atoms with E-state index in [4.69, 9.17) is 5.84 Å². The summed E-state index contributed by atoms with van der Waals surface area (Å²) < 4.78 is 14.6. The summed E-state index contributed by atoms with van der Waals surface area (Å²) in [5, 5.41) is 0. The number of nitrogens with one attached hydrogen (secondary N) is 1. The molecule has 3 N–H and O–H groups in total. The average molecular weight is 389 g/mol. The first-order valence-corrected chi connectivity index (χ1v) is 7.20. The van der Waals surface area contributed by atoms with E-state index in [1.54, 1.807) is 18.3 Å². The highest BCUT2D eigenvalue weighted by atomic mass is 79.9. The Morgan fingerprint density at radius 1 is 1.26 bits per heavy atom. The fraction of sp³-hybridized carbons (Fsp3) is 0.154. The molecule has 0 amide bonds. The summed E-state index contributed by atoms with van der Waals surface area (Å²) in [6.45, 7) is 0. The molecule has 2 aromatic rings. The molecular formula is C13H12Br2FN3. The number of hydrogen-bond donors (Lipinski definition) is 2. The Kier molecular flexibility index (Phi) is 5.04. The van der Waals surface area contributed by atoms with Crippen molar-refractivity contribution in [3.63, 3.8) is 0 Å². The van der Waals surface area contributed by atoms with Crippen LogP contribution in [0.5, 0.6) is 0 Å². The molecule has 0 saturated heterocycles. The van der Waals surface area contributed by atoms with Gasteiger partial charge in [0.15, 0.2) is 0 Å². The quantitative estimate of drug-likeness (QED) is 0.622. The van der Waals surface area contributed by atoms with Crippen molar-refractivity contribution in [2.24, 2.45) is 5.84 Å². The fourth-order valence-electron chi connectivity index (χ4n) is 1.77. The standard InChI is InChI=1S/C13H12Br2FN3/c14-9-6-11(15)13(18-7-9)12(19-17)5-8-1-3-10(16)4-2-8/h1-4,6-7,12,19H,5,17H2. The second-order valence-electron chi connectivity index (χ2n) is 4.07. The highest BCUT2D eigenvalue weighted by Gasteiger charge is 2.15. The van der Waals surface area contributed by atoms with Gasteiger partial charge in [0.1, 0.15) is 5.82 Å². The van der Waals surface area contributed by atoms with E-state index in [1.165, 1.54) is 12.1 Å². The molecule has 0 aliphatic carbocycles. The van der Waals surface area contributed by atoms with Gasteiger partial charge in [0.25, 0.3) is 0 Å². The minimum atomic E-state index is -0.246. The number of aromatic nitrogens is 1. The monoisotopic (exact) mass is 387 g/mol. The summed E-state index contributed by atoms with van der Waals surface area (Å²) in [6.07, 6.45) is 2.35. The first-order chi connectivity index (χ1) is 9.10. The topological polar surface area (TPSA) is 50.9 Å². The normalized spacial score (nSPS) is 12.4. The van der Waals surface area contributed by atoms with Gasteiger partial charge < -0.3 is 0 Å². The van der Waals surface area contributed by atoms with Crippen LogP contribution in [0.15, 0.2) is 45.5 Å². The van der Waals surface area contributed by atoms with Gasteiger partial charge in [-0.1, -0.05) is 12.1 Å². The lowest BCUT2D eigenvalue weighted by Gasteiger charge is -2.17. The van der Waals surface area contributed by atoms with E-state index in [2.05, 4.69) is 42.3 Å². The van der Waals surface area contributed by atoms with Crippen molar-refractivity contribution >= 4 is 31.9 Å². The summed E-state index contributed by atoms with van der Waals surface area (Å²) in [5.41, 5.74) is 4.54. The molecule has 0 spiro atoms. The van der Waals surface area contributed by atoms with Crippen molar-refractivity contribution in [2.75, 3.05) is 0 Å². The number of benzene rings is 1. The lowest BCUT2D eigenvalue weighted by atomic mass is 10.0. The van der Waals surface area contributed by atoms with E-state index in [-0.39, 0.29) is 11.9 Å². The predicted octanol–water partition coefficient (Wildman–Crippen LogP) is 3.49. The number of nitrogens with zero attached hydrogens (tertiary/aromatic N) is 1. The van der Waals surface area contributed by atoms with Gasteiger partial charge in [-0.15, -0.1) is 0 Å². The number of hydrazine groups is 1. The molecule has 1 aromatic heterocycles. The molecule has 0 bridgehead atoms. The molecule has 6 heteroatoms. The highest BCUT2D eigenvalue weighted by Crippen LogP contribution is 2.26. The average Bonchev–Trinajstić information content (AvgIpc) is 2.39. The number of halogens is 3. The van der Waals surface area contributed by atoms with Crippen molar-refractivity contribution in [1.82, 2.24) is 10.4 Å². The van der Waals surface area contributed by atoms with E-state index in [1.807, 2.05) is 6.07 Å². The molecule has 3 nitrogen and oxygen atoms in total. The third kappa shape index (κ3) is 3.82. The van der Waals surface area contributed by atoms with Crippen LogP contribution < -0.4 is 11.3 Å². The van der Waals surface area contributed by atoms with Crippen molar-refractivity contribution < 1.29 is 4.39 Å². The molecule has 100 valence electrons. The summed E-state index contributed by atoms with van der Waals surface area (Å²) in [6, 6.07) is 8.13. The second kappa shape index (κ2) is 6.56. The number of rotatable bonds is 4. The lowest BCUT2D eigenvalue weighted by Crippen LogP contribution is -2.30. The molecule has 1 unspecified atom stereocenters. The molecule has 1 aromatic carbocycles. The van der Waals surface area contributed by atoms with Crippen LogP contribution in [0.1, 0.15) is 17.3 Å². The van der Waals surface area contributed by atoms with Gasteiger partial charge in [0, 0.05) is 15.1 Å². The van der Waals surface area contributed by atoms with Gasteiger partial charge in [-0.3, -0.25) is 16.3 Å². The second-order valence-corrected chi connectivity index (χ2v) is 5.84.